The summed E-state index contributed by atoms with van der Waals surface area (Å²) in [6.45, 7) is 2.98. The number of pyridine rings is 2. The minimum atomic E-state index is 0.0820. The first-order valence-electron chi connectivity index (χ1n) is 6.97. The minimum Gasteiger partial charge on any atom is -0.306 e. The third-order valence-corrected chi connectivity index (χ3v) is 3.88. The fourth-order valence-corrected chi connectivity index (χ4v) is 2.94. The van der Waals surface area contributed by atoms with Gasteiger partial charge in [0.05, 0.1) is 11.6 Å². The lowest BCUT2D eigenvalue weighted by molar-refractivity contribution is 0.631. The molecule has 2 heterocycles. The third kappa shape index (κ3) is 2.96. The van der Waals surface area contributed by atoms with E-state index in [-0.39, 0.29) is 6.04 Å². The first kappa shape index (κ1) is 14.2. The zero-order chi connectivity index (χ0) is 14.7. The van der Waals surface area contributed by atoms with Gasteiger partial charge >= 0.3 is 0 Å². The van der Waals surface area contributed by atoms with Crippen LogP contribution in [0.2, 0.25) is 0 Å². The summed E-state index contributed by atoms with van der Waals surface area (Å²) >= 11 is 3.50. The second-order valence-corrected chi connectivity index (χ2v) is 5.77. The van der Waals surface area contributed by atoms with Gasteiger partial charge < -0.3 is 5.32 Å². The fourth-order valence-electron chi connectivity index (χ4n) is 2.56. The molecular formula is C17H16BrN3. The number of nitrogens with one attached hydrogen (secondary N) is 1. The predicted octanol–water partition coefficient (Wildman–Crippen LogP) is 4.09. The maximum atomic E-state index is 4.56. The van der Waals surface area contributed by atoms with Gasteiger partial charge in [0.15, 0.2) is 0 Å². The Morgan fingerprint density at radius 1 is 1.19 bits per heavy atom. The van der Waals surface area contributed by atoms with Crippen molar-refractivity contribution in [3.05, 3.63) is 70.6 Å². The van der Waals surface area contributed by atoms with Crippen LogP contribution in [0.15, 0.2) is 59.5 Å². The molecule has 1 atom stereocenters. The first-order chi connectivity index (χ1) is 10.3. The van der Waals surface area contributed by atoms with Gasteiger partial charge in [-0.2, -0.15) is 0 Å². The van der Waals surface area contributed by atoms with Crippen molar-refractivity contribution in [2.75, 3.05) is 6.54 Å². The summed E-state index contributed by atoms with van der Waals surface area (Å²) in [4.78, 5) is 8.85. The molecule has 0 bridgehead atoms. The summed E-state index contributed by atoms with van der Waals surface area (Å²) < 4.78 is 0.982. The molecule has 0 aliphatic carbocycles. The lowest BCUT2D eigenvalue weighted by Crippen LogP contribution is -2.22. The molecule has 1 N–H and O–H groups in total. The third-order valence-electron chi connectivity index (χ3n) is 3.44. The van der Waals surface area contributed by atoms with Crippen LogP contribution in [0.3, 0.4) is 0 Å². The van der Waals surface area contributed by atoms with E-state index in [9.17, 15) is 0 Å². The number of rotatable bonds is 4. The van der Waals surface area contributed by atoms with Crippen molar-refractivity contribution in [2.24, 2.45) is 0 Å². The maximum absolute atomic E-state index is 4.56. The topological polar surface area (TPSA) is 37.8 Å². The van der Waals surface area contributed by atoms with Crippen LogP contribution >= 0.6 is 15.9 Å². The number of para-hydroxylation sites is 1. The van der Waals surface area contributed by atoms with E-state index in [0.29, 0.717) is 0 Å². The lowest BCUT2D eigenvalue weighted by Gasteiger charge is -2.20. The molecule has 0 saturated carbocycles. The van der Waals surface area contributed by atoms with E-state index in [0.717, 1.165) is 27.5 Å². The lowest BCUT2D eigenvalue weighted by atomic mass is 9.97. The van der Waals surface area contributed by atoms with Crippen LogP contribution in [0, 0.1) is 0 Å². The van der Waals surface area contributed by atoms with E-state index in [1.807, 2.05) is 18.5 Å². The zero-order valence-corrected chi connectivity index (χ0v) is 13.3. The number of hydrogen-bond acceptors (Lipinski definition) is 3. The van der Waals surface area contributed by atoms with Crippen molar-refractivity contribution in [3.8, 4) is 0 Å². The van der Waals surface area contributed by atoms with Crippen molar-refractivity contribution in [1.29, 1.82) is 0 Å². The molecule has 0 fully saturated rings. The quantitative estimate of drug-likeness (QED) is 0.776. The van der Waals surface area contributed by atoms with Crippen molar-refractivity contribution < 1.29 is 0 Å². The minimum absolute atomic E-state index is 0.0820. The van der Waals surface area contributed by atoms with Crippen LogP contribution in [-0.4, -0.2) is 16.5 Å². The van der Waals surface area contributed by atoms with E-state index in [2.05, 4.69) is 68.5 Å². The highest BCUT2D eigenvalue weighted by Crippen LogP contribution is 2.28. The molecule has 0 amide bonds. The van der Waals surface area contributed by atoms with Crippen LogP contribution in [0.5, 0.6) is 0 Å². The molecule has 21 heavy (non-hydrogen) atoms. The Kier molecular flexibility index (Phi) is 4.27. The molecule has 3 rings (SSSR count). The van der Waals surface area contributed by atoms with Crippen molar-refractivity contribution in [1.82, 2.24) is 15.3 Å². The highest BCUT2D eigenvalue weighted by molar-refractivity contribution is 9.10. The van der Waals surface area contributed by atoms with Crippen molar-refractivity contribution >= 4 is 26.8 Å². The second-order valence-electron chi connectivity index (χ2n) is 4.85. The normalized spacial score (nSPS) is 12.5. The Balaban J connectivity index is 2.16. The van der Waals surface area contributed by atoms with Crippen LogP contribution in [0.25, 0.3) is 10.9 Å². The summed E-state index contributed by atoms with van der Waals surface area (Å²) in [5.41, 5.74) is 3.34. The van der Waals surface area contributed by atoms with Gasteiger partial charge in [0.2, 0.25) is 0 Å². The summed E-state index contributed by atoms with van der Waals surface area (Å²) in [6, 6.07) is 12.5. The summed E-state index contributed by atoms with van der Waals surface area (Å²) in [7, 11) is 0. The SMILES string of the molecule is CCNC(c1cncc(Br)c1)c1cccc2cccnc12. The Morgan fingerprint density at radius 2 is 2.05 bits per heavy atom. The molecule has 3 aromatic rings. The molecule has 1 aromatic carbocycles. The van der Waals surface area contributed by atoms with Gasteiger partial charge in [-0.15, -0.1) is 0 Å². The van der Waals surface area contributed by atoms with Gasteiger partial charge in [-0.1, -0.05) is 31.2 Å². The maximum Gasteiger partial charge on any atom is 0.0753 e. The van der Waals surface area contributed by atoms with Gasteiger partial charge in [-0.05, 0) is 45.7 Å². The predicted molar refractivity (Wildman–Crippen MR) is 89.2 cm³/mol. The molecule has 2 aromatic heterocycles. The Labute approximate surface area is 132 Å². The van der Waals surface area contributed by atoms with Gasteiger partial charge in [0.1, 0.15) is 0 Å². The Morgan fingerprint density at radius 3 is 2.86 bits per heavy atom. The van der Waals surface area contributed by atoms with Gasteiger partial charge in [-0.25, -0.2) is 0 Å². The van der Waals surface area contributed by atoms with Crippen LogP contribution in [0.1, 0.15) is 24.1 Å². The smallest absolute Gasteiger partial charge is 0.0753 e. The van der Waals surface area contributed by atoms with Crippen LogP contribution in [-0.2, 0) is 0 Å². The summed E-state index contributed by atoms with van der Waals surface area (Å²) in [5.74, 6) is 0. The molecule has 4 heteroatoms. The molecular weight excluding hydrogens is 326 g/mol. The highest BCUT2D eigenvalue weighted by Gasteiger charge is 2.16. The van der Waals surface area contributed by atoms with Crippen LogP contribution in [0.4, 0.5) is 0 Å². The Bertz CT molecular complexity index is 752. The number of benzene rings is 1. The van der Waals surface area contributed by atoms with E-state index in [4.69, 9.17) is 0 Å². The highest BCUT2D eigenvalue weighted by atomic mass is 79.9. The number of nitrogens with zero attached hydrogens (tertiary/aromatic N) is 2. The average Bonchev–Trinajstić information content (AvgIpc) is 2.52. The molecule has 0 radical (unpaired) electrons. The van der Waals surface area contributed by atoms with Gasteiger partial charge in [0.25, 0.3) is 0 Å². The fraction of sp³-hybridized carbons (Fsp3) is 0.176. The van der Waals surface area contributed by atoms with E-state index >= 15 is 0 Å². The molecule has 0 aliphatic heterocycles. The average molecular weight is 342 g/mol. The van der Waals surface area contributed by atoms with Gasteiger partial charge in [0, 0.05) is 28.4 Å². The molecule has 1 unspecified atom stereocenters. The molecule has 3 nitrogen and oxygen atoms in total. The standard InChI is InChI=1S/C17H16BrN3/c1-2-20-17(13-9-14(18)11-19-10-13)15-7-3-5-12-6-4-8-21-16(12)15/h3-11,17,20H,2H2,1H3. The number of halogens is 1. The molecule has 0 aliphatic rings. The second kappa shape index (κ2) is 6.33. The van der Waals surface area contributed by atoms with E-state index in [1.54, 1.807) is 6.20 Å². The van der Waals surface area contributed by atoms with Crippen molar-refractivity contribution in [3.63, 3.8) is 0 Å². The van der Waals surface area contributed by atoms with Crippen molar-refractivity contribution in [2.45, 2.75) is 13.0 Å². The number of hydrogen-bond donors (Lipinski definition) is 1. The Hall–Kier alpha value is -1.78. The summed E-state index contributed by atoms with van der Waals surface area (Å²) in [5, 5.41) is 4.69. The zero-order valence-electron chi connectivity index (χ0n) is 11.8. The van der Waals surface area contributed by atoms with E-state index in [1.165, 1.54) is 5.56 Å². The van der Waals surface area contributed by atoms with Crippen LogP contribution < -0.4 is 5.32 Å². The monoisotopic (exact) mass is 341 g/mol. The van der Waals surface area contributed by atoms with Gasteiger partial charge in [-0.3, -0.25) is 9.97 Å². The number of fused-ring (bicyclic) bond motifs is 1. The van der Waals surface area contributed by atoms with E-state index < -0.39 is 0 Å². The number of aromatic nitrogens is 2. The molecule has 0 saturated heterocycles. The first-order valence-corrected chi connectivity index (χ1v) is 7.76. The molecule has 106 valence electrons. The summed E-state index contributed by atoms with van der Waals surface area (Å²) in [6.07, 6.45) is 5.54. The molecule has 0 spiro atoms. The largest absolute Gasteiger partial charge is 0.306 e.